The van der Waals surface area contributed by atoms with Crippen molar-refractivity contribution in [2.24, 2.45) is 5.41 Å². The van der Waals surface area contributed by atoms with Crippen LogP contribution < -0.4 is 4.90 Å². The SMILES string of the molecule is CC(C)(C#N)C(=O)N1CCCc2ccccc21. The number of hydrogen-bond donors (Lipinski definition) is 0. The molecule has 3 heteroatoms. The van der Waals surface area contributed by atoms with E-state index < -0.39 is 5.41 Å². The molecule has 1 aliphatic heterocycles. The van der Waals surface area contributed by atoms with Crippen molar-refractivity contribution in [1.82, 2.24) is 0 Å². The summed E-state index contributed by atoms with van der Waals surface area (Å²) in [7, 11) is 0. The molecule has 0 aromatic heterocycles. The molecular formula is C14H16N2O. The molecule has 0 saturated carbocycles. The molecule has 0 spiro atoms. The molecule has 0 aliphatic carbocycles. The van der Waals surface area contributed by atoms with Crippen LogP contribution in [0.5, 0.6) is 0 Å². The molecule has 1 amide bonds. The van der Waals surface area contributed by atoms with E-state index in [4.69, 9.17) is 5.26 Å². The number of nitriles is 1. The number of nitrogens with zero attached hydrogens (tertiary/aromatic N) is 2. The van der Waals surface area contributed by atoms with Crippen LogP contribution in [0, 0.1) is 16.7 Å². The Morgan fingerprint density at radius 3 is 2.82 bits per heavy atom. The van der Waals surface area contributed by atoms with Crippen molar-refractivity contribution in [3.63, 3.8) is 0 Å². The van der Waals surface area contributed by atoms with Gasteiger partial charge in [-0.25, -0.2) is 0 Å². The lowest BCUT2D eigenvalue weighted by Crippen LogP contribution is -2.43. The van der Waals surface area contributed by atoms with Crippen LogP contribution in [0.1, 0.15) is 25.8 Å². The van der Waals surface area contributed by atoms with Crippen molar-refractivity contribution in [2.75, 3.05) is 11.4 Å². The Balaban J connectivity index is 2.37. The maximum atomic E-state index is 12.3. The number of rotatable bonds is 1. The second-order valence-electron chi connectivity index (χ2n) is 4.93. The van der Waals surface area contributed by atoms with Gasteiger partial charge in [0.2, 0.25) is 5.91 Å². The first-order valence-corrected chi connectivity index (χ1v) is 5.87. The van der Waals surface area contributed by atoms with E-state index in [1.807, 2.05) is 24.3 Å². The van der Waals surface area contributed by atoms with Crippen LogP contribution in [0.15, 0.2) is 24.3 Å². The van der Waals surface area contributed by atoms with Gasteiger partial charge in [-0.2, -0.15) is 5.26 Å². The van der Waals surface area contributed by atoms with Crippen molar-refractivity contribution < 1.29 is 4.79 Å². The fraction of sp³-hybridized carbons (Fsp3) is 0.429. The minimum atomic E-state index is -0.954. The molecule has 1 aromatic rings. The highest BCUT2D eigenvalue weighted by atomic mass is 16.2. The Bertz CT molecular complexity index is 485. The van der Waals surface area contributed by atoms with Crippen LogP contribution in [-0.2, 0) is 11.2 Å². The van der Waals surface area contributed by atoms with E-state index in [-0.39, 0.29) is 5.91 Å². The van der Waals surface area contributed by atoms with Gasteiger partial charge in [-0.15, -0.1) is 0 Å². The standard InChI is InChI=1S/C14H16N2O/c1-14(2,10-15)13(17)16-9-5-7-11-6-3-4-8-12(11)16/h3-4,6,8H,5,7,9H2,1-2H3. The van der Waals surface area contributed by atoms with Crippen molar-refractivity contribution in [1.29, 1.82) is 5.26 Å². The summed E-state index contributed by atoms with van der Waals surface area (Å²) in [5.74, 6) is -0.104. The van der Waals surface area contributed by atoms with Crippen LogP contribution >= 0.6 is 0 Å². The fourth-order valence-corrected chi connectivity index (χ4v) is 2.13. The van der Waals surface area contributed by atoms with Gasteiger partial charge in [-0.05, 0) is 38.3 Å². The Morgan fingerprint density at radius 1 is 1.41 bits per heavy atom. The molecule has 0 unspecified atom stereocenters. The summed E-state index contributed by atoms with van der Waals surface area (Å²) < 4.78 is 0. The first-order valence-electron chi connectivity index (χ1n) is 5.87. The highest BCUT2D eigenvalue weighted by Gasteiger charge is 2.34. The quantitative estimate of drug-likeness (QED) is 0.741. The van der Waals surface area contributed by atoms with Crippen LogP contribution in [0.4, 0.5) is 5.69 Å². The summed E-state index contributed by atoms with van der Waals surface area (Å²) in [6.07, 6.45) is 1.97. The largest absolute Gasteiger partial charge is 0.311 e. The summed E-state index contributed by atoms with van der Waals surface area (Å²) in [6, 6.07) is 10.0. The lowest BCUT2D eigenvalue weighted by Gasteiger charge is -2.32. The topological polar surface area (TPSA) is 44.1 Å². The predicted molar refractivity (Wildman–Crippen MR) is 66.5 cm³/mol. The number of anilines is 1. The summed E-state index contributed by atoms with van der Waals surface area (Å²) >= 11 is 0. The molecule has 0 N–H and O–H groups in total. The number of carbonyl (C=O) groups is 1. The highest BCUT2D eigenvalue weighted by Crippen LogP contribution is 2.30. The van der Waals surface area contributed by atoms with Gasteiger partial charge >= 0.3 is 0 Å². The number of aryl methyl sites for hydroxylation is 1. The van der Waals surface area contributed by atoms with Gasteiger partial charge in [0.15, 0.2) is 0 Å². The average Bonchev–Trinajstić information content (AvgIpc) is 2.37. The third kappa shape index (κ3) is 2.03. The number of benzene rings is 1. The maximum absolute atomic E-state index is 12.3. The molecule has 0 fully saturated rings. The summed E-state index contributed by atoms with van der Waals surface area (Å²) in [4.78, 5) is 14.1. The molecule has 0 saturated heterocycles. The van der Waals surface area contributed by atoms with Crippen LogP contribution in [-0.4, -0.2) is 12.5 Å². The van der Waals surface area contributed by atoms with Crippen LogP contribution in [0.2, 0.25) is 0 Å². The zero-order valence-corrected chi connectivity index (χ0v) is 10.2. The molecule has 0 atom stereocenters. The van der Waals surface area contributed by atoms with E-state index in [1.54, 1.807) is 18.7 Å². The minimum absolute atomic E-state index is 0.104. The Labute approximate surface area is 102 Å². The molecule has 2 rings (SSSR count). The van der Waals surface area contributed by atoms with Crippen molar-refractivity contribution in [3.05, 3.63) is 29.8 Å². The Morgan fingerprint density at radius 2 is 2.12 bits per heavy atom. The zero-order chi connectivity index (χ0) is 12.5. The normalized spacial score (nSPS) is 15.0. The molecule has 3 nitrogen and oxygen atoms in total. The molecule has 1 heterocycles. The van der Waals surface area contributed by atoms with E-state index >= 15 is 0 Å². The number of hydrogen-bond acceptors (Lipinski definition) is 2. The van der Waals surface area contributed by atoms with E-state index in [0.29, 0.717) is 6.54 Å². The Kier molecular flexibility index (Phi) is 2.89. The maximum Gasteiger partial charge on any atom is 0.246 e. The summed E-state index contributed by atoms with van der Waals surface area (Å²) in [5, 5.41) is 9.05. The first kappa shape index (κ1) is 11.7. The Hall–Kier alpha value is -1.82. The van der Waals surface area contributed by atoms with Gasteiger partial charge in [0.25, 0.3) is 0 Å². The lowest BCUT2D eigenvalue weighted by atomic mass is 9.91. The first-order chi connectivity index (χ1) is 8.06. The molecule has 0 radical (unpaired) electrons. The number of para-hydroxylation sites is 1. The van der Waals surface area contributed by atoms with Gasteiger partial charge in [-0.1, -0.05) is 18.2 Å². The third-order valence-corrected chi connectivity index (χ3v) is 3.17. The fourth-order valence-electron chi connectivity index (χ4n) is 2.13. The smallest absolute Gasteiger partial charge is 0.246 e. The van der Waals surface area contributed by atoms with Crippen molar-refractivity contribution in [3.8, 4) is 6.07 Å². The zero-order valence-electron chi connectivity index (χ0n) is 10.2. The van der Waals surface area contributed by atoms with Gasteiger partial charge in [-0.3, -0.25) is 4.79 Å². The van der Waals surface area contributed by atoms with Crippen molar-refractivity contribution >= 4 is 11.6 Å². The molecule has 1 aliphatic rings. The summed E-state index contributed by atoms with van der Waals surface area (Å²) in [5.41, 5.74) is 1.21. The van der Waals surface area contributed by atoms with Gasteiger partial charge in [0.1, 0.15) is 5.41 Å². The third-order valence-electron chi connectivity index (χ3n) is 3.17. The van der Waals surface area contributed by atoms with E-state index in [0.717, 1.165) is 18.5 Å². The molecular weight excluding hydrogens is 212 g/mol. The van der Waals surface area contributed by atoms with Crippen LogP contribution in [0.25, 0.3) is 0 Å². The minimum Gasteiger partial charge on any atom is -0.311 e. The lowest BCUT2D eigenvalue weighted by molar-refractivity contribution is -0.124. The predicted octanol–water partition coefficient (Wildman–Crippen LogP) is 2.52. The van der Waals surface area contributed by atoms with Gasteiger partial charge in [0.05, 0.1) is 6.07 Å². The van der Waals surface area contributed by atoms with Gasteiger partial charge < -0.3 is 4.90 Å². The van der Waals surface area contributed by atoms with E-state index in [2.05, 4.69) is 6.07 Å². The van der Waals surface area contributed by atoms with Crippen molar-refractivity contribution in [2.45, 2.75) is 26.7 Å². The molecule has 1 aromatic carbocycles. The number of fused-ring (bicyclic) bond motifs is 1. The molecule has 17 heavy (non-hydrogen) atoms. The average molecular weight is 228 g/mol. The van der Waals surface area contributed by atoms with E-state index in [9.17, 15) is 4.79 Å². The molecule has 0 bridgehead atoms. The van der Waals surface area contributed by atoms with E-state index in [1.165, 1.54) is 5.56 Å². The second-order valence-corrected chi connectivity index (χ2v) is 4.93. The number of amides is 1. The monoisotopic (exact) mass is 228 g/mol. The second kappa shape index (κ2) is 4.21. The highest BCUT2D eigenvalue weighted by molar-refractivity contribution is 5.99. The molecule has 88 valence electrons. The van der Waals surface area contributed by atoms with Gasteiger partial charge in [0, 0.05) is 12.2 Å². The van der Waals surface area contributed by atoms with Crippen LogP contribution in [0.3, 0.4) is 0 Å². The summed E-state index contributed by atoms with van der Waals surface area (Å²) in [6.45, 7) is 4.06. The number of carbonyl (C=O) groups excluding carboxylic acids is 1.